The second kappa shape index (κ2) is 6.71. The maximum atomic E-state index is 12.7. The summed E-state index contributed by atoms with van der Waals surface area (Å²) in [7, 11) is 0. The van der Waals surface area contributed by atoms with E-state index in [0.29, 0.717) is 29.6 Å². The minimum Gasteiger partial charge on any atom is -0.399 e. The molecule has 28 heavy (non-hydrogen) atoms. The first-order chi connectivity index (χ1) is 13.6. The average molecular weight is 377 g/mol. The van der Waals surface area contributed by atoms with Crippen LogP contribution in [0.4, 0.5) is 17.1 Å². The van der Waals surface area contributed by atoms with Gasteiger partial charge in [0.1, 0.15) is 5.69 Å². The fourth-order valence-electron chi connectivity index (χ4n) is 5.12. The van der Waals surface area contributed by atoms with Gasteiger partial charge in [0.25, 0.3) is 17.6 Å². The van der Waals surface area contributed by atoms with Gasteiger partial charge in [0, 0.05) is 42.7 Å². The van der Waals surface area contributed by atoms with Crippen LogP contribution < -0.4 is 11.1 Å². The summed E-state index contributed by atoms with van der Waals surface area (Å²) in [5.74, 6) is 1.81. The Labute approximate surface area is 164 Å². The summed E-state index contributed by atoms with van der Waals surface area (Å²) in [4.78, 5) is 27.5. The molecule has 2 fully saturated rings. The zero-order chi connectivity index (χ0) is 19.3. The summed E-state index contributed by atoms with van der Waals surface area (Å²) in [6.45, 7) is 2.89. The molecule has 4 atom stereocenters. The third kappa shape index (κ3) is 2.88. The highest BCUT2D eigenvalue weighted by Gasteiger charge is 2.48. The highest BCUT2D eigenvalue weighted by atomic mass is 16.3. The number of hydrogen-bond acceptors (Lipinski definition) is 4. The number of nitrogen functional groups attached to an aromatic ring is 1. The van der Waals surface area contributed by atoms with E-state index in [0.717, 1.165) is 36.0 Å². The number of nitroso groups, excluding NO2 is 1. The van der Waals surface area contributed by atoms with Gasteiger partial charge in [0.2, 0.25) is 0 Å². The Bertz CT molecular complexity index is 926. The number of nitrogens with two attached hydrogens (primary N) is 1. The van der Waals surface area contributed by atoms with Crippen molar-refractivity contribution in [3.05, 3.63) is 59.0 Å². The number of para-hydroxylation sites is 2. The summed E-state index contributed by atoms with van der Waals surface area (Å²) >= 11 is 0. The number of fused-ring (bicyclic) bond motifs is 2. The molecule has 0 radical (unpaired) electrons. The molecule has 2 aromatic carbocycles. The van der Waals surface area contributed by atoms with Gasteiger partial charge in [-0.1, -0.05) is 24.3 Å². The van der Waals surface area contributed by atoms with Gasteiger partial charge in [-0.25, -0.2) is 0 Å². The molecule has 3 aliphatic rings. The lowest BCUT2D eigenvalue weighted by Crippen LogP contribution is -2.41. The van der Waals surface area contributed by atoms with Crippen molar-refractivity contribution in [2.24, 2.45) is 11.8 Å². The van der Waals surface area contributed by atoms with E-state index >= 15 is 0 Å². The van der Waals surface area contributed by atoms with Crippen molar-refractivity contribution in [2.75, 3.05) is 30.7 Å². The van der Waals surface area contributed by atoms with Crippen LogP contribution in [0.3, 0.4) is 0 Å². The Kier molecular flexibility index (Phi) is 4.16. The lowest BCUT2D eigenvalue weighted by Gasteiger charge is -2.40. The Morgan fingerprint density at radius 2 is 1.89 bits per heavy atom. The maximum absolute atomic E-state index is 12.7. The molecule has 5 rings (SSSR count). The number of benzene rings is 2. The van der Waals surface area contributed by atoms with Gasteiger partial charge in [0.05, 0.1) is 4.76 Å². The van der Waals surface area contributed by atoms with Crippen LogP contribution in [0.2, 0.25) is 0 Å². The first-order valence-corrected chi connectivity index (χ1v) is 10.0. The molecule has 1 saturated heterocycles. The Hall–Kier alpha value is -2.73. The van der Waals surface area contributed by atoms with E-state index in [1.807, 2.05) is 24.3 Å². The lowest BCUT2D eigenvalue weighted by molar-refractivity contribution is -0.493. The second-order valence-corrected chi connectivity index (χ2v) is 8.33. The number of likely N-dealkylation sites (tertiary alicyclic amines) is 1. The maximum Gasteiger partial charge on any atom is 0.298 e. The second-order valence-electron chi connectivity index (χ2n) is 8.33. The molecule has 0 aromatic heterocycles. The number of hydrogen-bond donors (Lipinski definition) is 2. The third-order valence-electron chi connectivity index (χ3n) is 6.71. The van der Waals surface area contributed by atoms with E-state index < -0.39 is 6.04 Å². The van der Waals surface area contributed by atoms with Crippen LogP contribution >= 0.6 is 0 Å². The van der Waals surface area contributed by atoms with E-state index in [4.69, 9.17) is 5.73 Å². The minimum absolute atomic E-state index is 0.199. The topological polar surface area (TPSA) is 78.4 Å². The van der Waals surface area contributed by atoms with Gasteiger partial charge in [-0.3, -0.25) is 4.79 Å². The van der Waals surface area contributed by atoms with Gasteiger partial charge in [-0.15, -0.1) is 0 Å². The van der Waals surface area contributed by atoms with Crippen molar-refractivity contribution in [3.8, 4) is 0 Å². The summed E-state index contributed by atoms with van der Waals surface area (Å²) in [5, 5.41) is 2.87. The normalized spacial score (nSPS) is 29.0. The minimum atomic E-state index is -0.652. The first-order valence-electron chi connectivity index (χ1n) is 10.0. The standard InChI is InChI=1S/C22H24N4O2/c23-16-7-5-14(6-8-16)17-11-15-12-25(13-18(15)17)10-9-21-22(27)24-19-3-1-2-4-20(19)26(21)28/h1-8,15,17-18,21H,9-13,23H2/p+1. The Morgan fingerprint density at radius 3 is 2.71 bits per heavy atom. The summed E-state index contributed by atoms with van der Waals surface area (Å²) in [6, 6.07) is 14.8. The molecule has 2 aliphatic heterocycles. The van der Waals surface area contributed by atoms with Crippen molar-refractivity contribution >= 4 is 23.0 Å². The zero-order valence-corrected chi connectivity index (χ0v) is 15.8. The Balaban J connectivity index is 1.20. The van der Waals surface area contributed by atoms with E-state index in [1.54, 1.807) is 12.1 Å². The highest BCUT2D eigenvalue weighted by Crippen LogP contribution is 2.51. The molecule has 4 unspecified atom stereocenters. The van der Waals surface area contributed by atoms with Crippen LogP contribution in [0, 0.1) is 16.7 Å². The van der Waals surface area contributed by atoms with Gasteiger partial charge in [0.15, 0.2) is 0 Å². The lowest BCUT2D eigenvalue weighted by atomic mass is 9.64. The molecule has 0 bridgehead atoms. The molecule has 6 heteroatoms. The molecule has 1 aliphatic carbocycles. The molecular weight excluding hydrogens is 352 g/mol. The summed E-state index contributed by atoms with van der Waals surface area (Å²) < 4.78 is 0.885. The van der Waals surface area contributed by atoms with E-state index in [2.05, 4.69) is 22.3 Å². The fraction of sp³-hybridized carbons (Fsp3) is 0.409. The Morgan fingerprint density at radius 1 is 1.11 bits per heavy atom. The van der Waals surface area contributed by atoms with Crippen LogP contribution in [0.15, 0.2) is 48.5 Å². The summed E-state index contributed by atoms with van der Waals surface area (Å²) in [5.41, 5.74) is 9.15. The van der Waals surface area contributed by atoms with E-state index in [1.165, 1.54) is 12.0 Å². The monoisotopic (exact) mass is 377 g/mol. The van der Waals surface area contributed by atoms with Crippen LogP contribution in [0.25, 0.3) is 0 Å². The van der Waals surface area contributed by atoms with Crippen molar-refractivity contribution in [2.45, 2.75) is 24.8 Å². The predicted octanol–water partition coefficient (Wildman–Crippen LogP) is 3.13. The fourth-order valence-corrected chi connectivity index (χ4v) is 5.12. The van der Waals surface area contributed by atoms with E-state index in [-0.39, 0.29) is 5.91 Å². The van der Waals surface area contributed by atoms with Crippen molar-refractivity contribution in [1.29, 1.82) is 0 Å². The number of nitrogens with zero attached hydrogens (tertiary/aromatic N) is 2. The molecule has 144 valence electrons. The van der Waals surface area contributed by atoms with E-state index in [9.17, 15) is 9.70 Å². The molecular formula is C22H25N4O2+. The van der Waals surface area contributed by atoms with Crippen LogP contribution in [-0.2, 0) is 4.79 Å². The molecule has 2 aromatic rings. The number of rotatable bonds is 4. The van der Waals surface area contributed by atoms with Crippen LogP contribution in [-0.4, -0.2) is 41.2 Å². The van der Waals surface area contributed by atoms with Crippen molar-refractivity contribution in [1.82, 2.24) is 4.90 Å². The molecule has 6 nitrogen and oxygen atoms in total. The molecule has 3 N–H and O–H groups in total. The van der Waals surface area contributed by atoms with Gasteiger partial charge >= 0.3 is 0 Å². The number of carbonyl (C=O) groups is 1. The summed E-state index contributed by atoms with van der Waals surface area (Å²) in [6.07, 6.45) is 1.77. The SMILES string of the molecule is Nc1ccc(C2CC3CN(CCC4C(=O)Nc5ccccc5[N+]4=O)CC32)cc1. The smallest absolute Gasteiger partial charge is 0.298 e. The van der Waals surface area contributed by atoms with Crippen molar-refractivity contribution < 1.29 is 9.55 Å². The van der Waals surface area contributed by atoms with Gasteiger partial charge in [-0.2, -0.15) is 0 Å². The zero-order valence-electron chi connectivity index (χ0n) is 15.8. The molecule has 0 spiro atoms. The number of carbonyl (C=O) groups excluding carboxylic acids is 1. The average Bonchev–Trinajstić information content (AvgIpc) is 2.99. The molecule has 2 heterocycles. The van der Waals surface area contributed by atoms with Crippen LogP contribution in [0.5, 0.6) is 0 Å². The van der Waals surface area contributed by atoms with Gasteiger partial charge < -0.3 is 16.0 Å². The number of nitrogens with one attached hydrogen (secondary N) is 1. The quantitative estimate of drug-likeness (QED) is 0.634. The largest absolute Gasteiger partial charge is 0.399 e. The predicted molar refractivity (Wildman–Crippen MR) is 108 cm³/mol. The van der Waals surface area contributed by atoms with Crippen molar-refractivity contribution in [3.63, 3.8) is 0 Å². The number of anilines is 2. The molecule has 1 saturated carbocycles. The third-order valence-corrected chi connectivity index (χ3v) is 6.71. The number of amides is 1. The molecule has 1 amide bonds. The van der Waals surface area contributed by atoms with Crippen LogP contribution in [0.1, 0.15) is 24.3 Å². The first kappa shape index (κ1) is 17.4. The van der Waals surface area contributed by atoms with Gasteiger partial charge in [-0.05, 0) is 47.9 Å². The highest BCUT2D eigenvalue weighted by molar-refractivity contribution is 5.98.